The molecule has 0 unspecified atom stereocenters. The fraction of sp³-hybridized carbons (Fsp3) is 0.174. The molecule has 0 radical (unpaired) electrons. The first kappa shape index (κ1) is 15.6. The van der Waals surface area contributed by atoms with Crippen LogP contribution in [0.4, 0.5) is 0 Å². The van der Waals surface area contributed by atoms with Gasteiger partial charge in [-0.15, -0.1) is 0 Å². The van der Waals surface area contributed by atoms with E-state index in [2.05, 4.69) is 86.4 Å². The van der Waals surface area contributed by atoms with Crippen LogP contribution < -0.4 is 0 Å². The van der Waals surface area contributed by atoms with Crippen molar-refractivity contribution in [3.05, 3.63) is 78.4 Å². The predicted molar refractivity (Wildman–Crippen MR) is 104 cm³/mol. The van der Waals surface area contributed by atoms with E-state index in [1.807, 2.05) is 12.1 Å². The third-order valence-electron chi connectivity index (χ3n) is 4.49. The van der Waals surface area contributed by atoms with Crippen molar-refractivity contribution in [2.75, 3.05) is 0 Å². The van der Waals surface area contributed by atoms with Crippen LogP contribution in [0.2, 0.25) is 0 Å². The fourth-order valence-corrected chi connectivity index (χ4v) is 2.95. The molecular formula is C23H21NO. The van der Waals surface area contributed by atoms with Crippen LogP contribution in [0.25, 0.3) is 33.7 Å². The van der Waals surface area contributed by atoms with Crippen LogP contribution in [0.5, 0.6) is 0 Å². The summed E-state index contributed by atoms with van der Waals surface area (Å²) in [5.74, 6) is 0.667. The highest BCUT2D eigenvalue weighted by molar-refractivity contribution is 5.77. The number of aromatic nitrogens is 1. The van der Waals surface area contributed by atoms with E-state index in [9.17, 15) is 0 Å². The molecule has 0 aliphatic heterocycles. The standard InChI is InChI=1S/C23H21NO/c1-23(2,3)19-13-14-20-21(15-19)25-22(24-20)18-11-9-17(10-12-18)16-7-5-4-6-8-16/h4-15H,1-3H3. The minimum Gasteiger partial charge on any atom is -0.436 e. The fourth-order valence-electron chi connectivity index (χ4n) is 2.95. The molecule has 2 heteroatoms. The molecule has 1 heterocycles. The summed E-state index contributed by atoms with van der Waals surface area (Å²) < 4.78 is 6.02. The van der Waals surface area contributed by atoms with Gasteiger partial charge in [-0.2, -0.15) is 0 Å². The molecule has 25 heavy (non-hydrogen) atoms. The van der Waals surface area contributed by atoms with Crippen LogP contribution >= 0.6 is 0 Å². The van der Waals surface area contributed by atoms with Crippen LogP contribution in [-0.4, -0.2) is 4.98 Å². The van der Waals surface area contributed by atoms with Gasteiger partial charge in [-0.1, -0.05) is 69.3 Å². The lowest BCUT2D eigenvalue weighted by atomic mass is 9.87. The maximum Gasteiger partial charge on any atom is 0.227 e. The van der Waals surface area contributed by atoms with Crippen molar-refractivity contribution in [1.82, 2.24) is 4.98 Å². The van der Waals surface area contributed by atoms with E-state index in [-0.39, 0.29) is 5.41 Å². The van der Waals surface area contributed by atoms with Gasteiger partial charge in [-0.25, -0.2) is 4.98 Å². The summed E-state index contributed by atoms with van der Waals surface area (Å²) in [6.45, 7) is 6.61. The lowest BCUT2D eigenvalue weighted by Crippen LogP contribution is -2.10. The van der Waals surface area contributed by atoms with E-state index in [1.54, 1.807) is 0 Å². The molecule has 0 fully saturated rings. The number of benzene rings is 3. The van der Waals surface area contributed by atoms with Crippen LogP contribution in [0.15, 0.2) is 77.2 Å². The Hall–Kier alpha value is -2.87. The molecule has 4 rings (SSSR count). The Morgan fingerprint density at radius 1 is 0.720 bits per heavy atom. The maximum atomic E-state index is 6.02. The molecule has 0 N–H and O–H groups in total. The van der Waals surface area contributed by atoms with Crippen molar-refractivity contribution >= 4 is 11.1 Å². The molecule has 1 aromatic heterocycles. The molecule has 0 amide bonds. The SMILES string of the molecule is CC(C)(C)c1ccc2nc(-c3ccc(-c4ccccc4)cc3)oc2c1. The molecular weight excluding hydrogens is 306 g/mol. The highest BCUT2D eigenvalue weighted by atomic mass is 16.3. The maximum absolute atomic E-state index is 6.02. The normalized spacial score (nSPS) is 11.8. The smallest absolute Gasteiger partial charge is 0.227 e. The second kappa shape index (κ2) is 5.89. The topological polar surface area (TPSA) is 26.0 Å². The van der Waals surface area contributed by atoms with Gasteiger partial charge in [-0.3, -0.25) is 0 Å². The minimum atomic E-state index is 0.0957. The van der Waals surface area contributed by atoms with Crippen molar-refractivity contribution in [3.8, 4) is 22.6 Å². The number of oxazole rings is 1. The van der Waals surface area contributed by atoms with Crippen LogP contribution in [0.1, 0.15) is 26.3 Å². The summed E-state index contributed by atoms with van der Waals surface area (Å²) in [6, 6.07) is 25.0. The Morgan fingerprint density at radius 2 is 1.36 bits per heavy atom. The Kier molecular flexibility index (Phi) is 3.69. The van der Waals surface area contributed by atoms with Crippen molar-refractivity contribution < 1.29 is 4.42 Å². The molecule has 0 saturated carbocycles. The Labute approximate surface area is 148 Å². The van der Waals surface area contributed by atoms with E-state index >= 15 is 0 Å². The zero-order valence-electron chi connectivity index (χ0n) is 14.8. The summed E-state index contributed by atoms with van der Waals surface area (Å²) in [7, 11) is 0. The molecule has 0 aliphatic carbocycles. The first-order valence-corrected chi connectivity index (χ1v) is 8.58. The summed E-state index contributed by atoms with van der Waals surface area (Å²) >= 11 is 0. The van der Waals surface area contributed by atoms with E-state index in [0.717, 1.165) is 16.7 Å². The molecule has 2 nitrogen and oxygen atoms in total. The molecule has 0 bridgehead atoms. The number of nitrogens with zero attached hydrogens (tertiary/aromatic N) is 1. The summed E-state index contributed by atoms with van der Waals surface area (Å²) in [5.41, 5.74) is 6.48. The second-order valence-electron chi connectivity index (χ2n) is 7.39. The zero-order chi connectivity index (χ0) is 17.4. The van der Waals surface area contributed by atoms with Crippen molar-refractivity contribution in [3.63, 3.8) is 0 Å². The Morgan fingerprint density at radius 3 is 2.04 bits per heavy atom. The second-order valence-corrected chi connectivity index (χ2v) is 7.39. The van der Waals surface area contributed by atoms with Gasteiger partial charge in [-0.05, 0) is 46.4 Å². The quantitative estimate of drug-likeness (QED) is 0.422. The van der Waals surface area contributed by atoms with Gasteiger partial charge in [0.2, 0.25) is 5.89 Å². The molecule has 0 spiro atoms. The van der Waals surface area contributed by atoms with E-state index in [0.29, 0.717) is 5.89 Å². The lowest BCUT2D eigenvalue weighted by molar-refractivity contribution is 0.584. The largest absolute Gasteiger partial charge is 0.436 e. The molecule has 0 atom stereocenters. The summed E-state index contributed by atoms with van der Waals surface area (Å²) in [6.07, 6.45) is 0. The summed E-state index contributed by atoms with van der Waals surface area (Å²) in [5, 5.41) is 0. The van der Waals surface area contributed by atoms with Gasteiger partial charge in [0.15, 0.2) is 5.58 Å². The number of rotatable bonds is 2. The van der Waals surface area contributed by atoms with Gasteiger partial charge in [0, 0.05) is 5.56 Å². The molecule has 0 saturated heterocycles. The van der Waals surface area contributed by atoms with Gasteiger partial charge in [0.05, 0.1) is 0 Å². The predicted octanol–water partition coefficient (Wildman–Crippen LogP) is 6.46. The Bertz CT molecular complexity index is 1010. The van der Waals surface area contributed by atoms with E-state index in [1.165, 1.54) is 16.7 Å². The number of hydrogen-bond acceptors (Lipinski definition) is 2. The van der Waals surface area contributed by atoms with Crippen molar-refractivity contribution in [2.24, 2.45) is 0 Å². The summed E-state index contributed by atoms with van der Waals surface area (Å²) in [4.78, 5) is 4.64. The van der Waals surface area contributed by atoms with Gasteiger partial charge >= 0.3 is 0 Å². The monoisotopic (exact) mass is 327 g/mol. The van der Waals surface area contributed by atoms with Crippen molar-refractivity contribution in [2.45, 2.75) is 26.2 Å². The highest BCUT2D eigenvalue weighted by Crippen LogP contribution is 2.30. The number of fused-ring (bicyclic) bond motifs is 1. The average molecular weight is 327 g/mol. The number of hydrogen-bond donors (Lipinski definition) is 0. The van der Waals surface area contributed by atoms with Crippen molar-refractivity contribution in [1.29, 1.82) is 0 Å². The van der Waals surface area contributed by atoms with E-state index < -0.39 is 0 Å². The zero-order valence-corrected chi connectivity index (χ0v) is 14.8. The highest BCUT2D eigenvalue weighted by Gasteiger charge is 2.16. The molecule has 3 aromatic carbocycles. The van der Waals surface area contributed by atoms with Crippen LogP contribution in [0.3, 0.4) is 0 Å². The van der Waals surface area contributed by atoms with Gasteiger partial charge in [0.25, 0.3) is 0 Å². The third kappa shape index (κ3) is 3.08. The van der Waals surface area contributed by atoms with E-state index in [4.69, 9.17) is 4.42 Å². The Balaban J connectivity index is 1.70. The minimum absolute atomic E-state index is 0.0957. The van der Waals surface area contributed by atoms with Crippen LogP contribution in [0, 0.1) is 0 Å². The van der Waals surface area contributed by atoms with Gasteiger partial charge < -0.3 is 4.42 Å². The molecule has 0 aliphatic rings. The molecule has 124 valence electrons. The average Bonchev–Trinajstić information content (AvgIpc) is 3.05. The van der Waals surface area contributed by atoms with Crippen LogP contribution in [-0.2, 0) is 5.41 Å². The first-order valence-electron chi connectivity index (χ1n) is 8.58. The molecule has 4 aromatic rings. The lowest BCUT2D eigenvalue weighted by Gasteiger charge is -2.18. The first-order chi connectivity index (χ1) is 12.0. The third-order valence-corrected chi connectivity index (χ3v) is 4.49. The van der Waals surface area contributed by atoms with Gasteiger partial charge in [0.1, 0.15) is 5.52 Å².